The number of aromatic nitrogens is 1. The second kappa shape index (κ2) is 11.7. The molecule has 1 aromatic heterocycles. The van der Waals surface area contributed by atoms with Crippen LogP contribution in [0.4, 0.5) is 5.69 Å². The number of rotatable bonds is 11. The van der Waals surface area contributed by atoms with E-state index in [0.717, 1.165) is 24.8 Å². The lowest BCUT2D eigenvalue weighted by atomic mass is 10.0. The first-order chi connectivity index (χ1) is 16.3. The topological polar surface area (TPSA) is 97.4 Å². The summed E-state index contributed by atoms with van der Waals surface area (Å²) in [6, 6.07) is 16.7. The lowest BCUT2D eigenvalue weighted by Crippen LogP contribution is -2.24. The first-order valence-corrected chi connectivity index (χ1v) is 12.9. The molecule has 1 heterocycles. The Morgan fingerprint density at radius 1 is 0.971 bits per heavy atom. The molecule has 8 heteroatoms. The molecule has 0 aliphatic carbocycles. The number of unbranched alkanes of at least 4 members (excludes halogenated alkanes) is 2. The Morgan fingerprint density at radius 3 is 2.26 bits per heavy atom. The van der Waals surface area contributed by atoms with Crippen molar-refractivity contribution in [2.75, 3.05) is 11.3 Å². The molecule has 2 N–H and O–H groups in total. The smallest absolute Gasteiger partial charge is 0.261 e. The van der Waals surface area contributed by atoms with Crippen LogP contribution in [0.1, 0.15) is 61.9 Å². The van der Waals surface area contributed by atoms with Crippen molar-refractivity contribution < 1.29 is 17.9 Å². The van der Waals surface area contributed by atoms with Gasteiger partial charge in [0.1, 0.15) is 5.75 Å². The number of anilines is 1. The molecule has 3 rings (SSSR count). The molecular formula is C26H31N3O4S. The molecule has 0 aliphatic rings. The van der Waals surface area contributed by atoms with E-state index in [9.17, 15) is 13.2 Å². The molecule has 34 heavy (non-hydrogen) atoms. The van der Waals surface area contributed by atoms with Crippen LogP contribution in [0.15, 0.2) is 71.8 Å². The molecule has 0 spiro atoms. The van der Waals surface area contributed by atoms with Crippen LogP contribution in [0.25, 0.3) is 0 Å². The third kappa shape index (κ3) is 7.05. The second-order valence-electron chi connectivity index (χ2n) is 8.30. The lowest BCUT2D eigenvalue weighted by Gasteiger charge is -2.11. The molecule has 0 saturated heterocycles. The van der Waals surface area contributed by atoms with Gasteiger partial charge in [0, 0.05) is 24.5 Å². The molecule has 7 nitrogen and oxygen atoms in total. The van der Waals surface area contributed by atoms with Crippen molar-refractivity contribution in [2.24, 2.45) is 0 Å². The maximum atomic E-state index is 12.7. The Morgan fingerprint density at radius 2 is 1.68 bits per heavy atom. The van der Waals surface area contributed by atoms with Crippen molar-refractivity contribution >= 4 is 21.6 Å². The maximum absolute atomic E-state index is 12.7. The van der Waals surface area contributed by atoms with Crippen LogP contribution >= 0.6 is 0 Å². The highest BCUT2D eigenvalue weighted by molar-refractivity contribution is 7.92. The van der Waals surface area contributed by atoms with E-state index in [1.54, 1.807) is 48.5 Å². The number of hydrogen-bond donors (Lipinski definition) is 2. The molecule has 180 valence electrons. The number of pyridine rings is 1. The highest BCUT2D eigenvalue weighted by atomic mass is 32.2. The zero-order valence-corrected chi connectivity index (χ0v) is 20.6. The van der Waals surface area contributed by atoms with Gasteiger partial charge in [-0.25, -0.2) is 13.4 Å². The van der Waals surface area contributed by atoms with Crippen LogP contribution < -0.4 is 14.8 Å². The minimum Gasteiger partial charge on any atom is -0.439 e. The number of ether oxygens (including phenoxy) is 1. The molecule has 3 aromatic rings. The summed E-state index contributed by atoms with van der Waals surface area (Å²) in [4.78, 5) is 16.5. The van der Waals surface area contributed by atoms with Crippen LogP contribution in [0.2, 0.25) is 0 Å². The summed E-state index contributed by atoms with van der Waals surface area (Å²) in [5.41, 5.74) is 1.97. The molecule has 0 bridgehead atoms. The van der Waals surface area contributed by atoms with Gasteiger partial charge in [0.2, 0.25) is 5.88 Å². The third-order valence-corrected chi connectivity index (χ3v) is 6.65. The number of carbonyl (C=O) groups is 1. The van der Waals surface area contributed by atoms with Crippen molar-refractivity contribution in [3.63, 3.8) is 0 Å². The van der Waals surface area contributed by atoms with Gasteiger partial charge in [-0.15, -0.1) is 0 Å². The molecule has 0 unspecified atom stereocenters. The van der Waals surface area contributed by atoms with E-state index in [0.29, 0.717) is 35.3 Å². The molecule has 0 aliphatic heterocycles. The van der Waals surface area contributed by atoms with Crippen molar-refractivity contribution in [1.29, 1.82) is 0 Å². The first kappa shape index (κ1) is 25.2. The Kier molecular flexibility index (Phi) is 8.65. The minimum absolute atomic E-state index is 0.161. The summed E-state index contributed by atoms with van der Waals surface area (Å²) in [7, 11) is -3.69. The predicted molar refractivity (Wildman–Crippen MR) is 134 cm³/mol. The predicted octanol–water partition coefficient (Wildman–Crippen LogP) is 5.72. The fourth-order valence-corrected chi connectivity index (χ4v) is 4.27. The standard InChI is InChI=1S/C26H31N3O4S/c1-4-5-6-17-27-26(30)21-9-16-25(28-18-21)33-23-12-10-22(11-13-23)29-34(31,32)24-14-7-20(8-15-24)19(2)3/h7-16,18-19,29H,4-6,17H2,1-3H3,(H,27,30). The van der Waals surface area contributed by atoms with E-state index in [4.69, 9.17) is 4.74 Å². The number of sulfonamides is 1. The molecule has 0 fully saturated rings. The average molecular weight is 482 g/mol. The molecule has 0 saturated carbocycles. The summed E-state index contributed by atoms with van der Waals surface area (Å²) in [6.07, 6.45) is 4.60. The van der Waals surface area contributed by atoms with Gasteiger partial charge in [0.15, 0.2) is 0 Å². The van der Waals surface area contributed by atoms with Crippen LogP contribution in [0, 0.1) is 0 Å². The molecular weight excluding hydrogens is 450 g/mol. The number of amides is 1. The third-order valence-electron chi connectivity index (χ3n) is 5.25. The van der Waals surface area contributed by atoms with Crippen LogP contribution in [0.5, 0.6) is 11.6 Å². The van der Waals surface area contributed by atoms with Gasteiger partial charge in [-0.05, 0) is 60.4 Å². The summed E-state index contributed by atoms with van der Waals surface area (Å²) < 4.78 is 33.6. The number of nitrogens with zero attached hydrogens (tertiary/aromatic N) is 1. The summed E-state index contributed by atoms with van der Waals surface area (Å²) in [5.74, 6) is 0.996. The van der Waals surface area contributed by atoms with Gasteiger partial charge in [-0.3, -0.25) is 9.52 Å². The van der Waals surface area contributed by atoms with Gasteiger partial charge in [-0.2, -0.15) is 0 Å². The Balaban J connectivity index is 1.57. The molecule has 0 radical (unpaired) electrons. The molecule has 0 atom stereocenters. The summed E-state index contributed by atoms with van der Waals surface area (Å²) in [5, 5.41) is 2.87. The Labute approximate surface area is 201 Å². The van der Waals surface area contributed by atoms with E-state index in [-0.39, 0.29) is 10.8 Å². The van der Waals surface area contributed by atoms with E-state index in [1.165, 1.54) is 6.20 Å². The highest BCUT2D eigenvalue weighted by Crippen LogP contribution is 2.24. The van der Waals surface area contributed by atoms with Gasteiger partial charge in [0.25, 0.3) is 15.9 Å². The quantitative estimate of drug-likeness (QED) is 0.342. The van der Waals surface area contributed by atoms with Gasteiger partial charge < -0.3 is 10.1 Å². The van der Waals surface area contributed by atoms with E-state index < -0.39 is 10.0 Å². The monoisotopic (exact) mass is 481 g/mol. The van der Waals surface area contributed by atoms with Crippen molar-refractivity contribution in [1.82, 2.24) is 10.3 Å². The Hall–Kier alpha value is -3.39. The first-order valence-electron chi connectivity index (χ1n) is 11.4. The summed E-state index contributed by atoms with van der Waals surface area (Å²) >= 11 is 0. The molecule has 1 amide bonds. The van der Waals surface area contributed by atoms with Crippen LogP contribution in [-0.4, -0.2) is 25.9 Å². The van der Waals surface area contributed by atoms with Crippen molar-refractivity contribution in [2.45, 2.75) is 50.8 Å². The fraction of sp³-hybridized carbons (Fsp3) is 0.308. The lowest BCUT2D eigenvalue weighted by molar-refractivity contribution is 0.0952. The normalized spacial score (nSPS) is 11.3. The maximum Gasteiger partial charge on any atom is 0.261 e. The second-order valence-corrected chi connectivity index (χ2v) is 9.99. The summed E-state index contributed by atoms with van der Waals surface area (Å²) in [6.45, 7) is 6.87. The average Bonchev–Trinajstić information content (AvgIpc) is 2.83. The van der Waals surface area contributed by atoms with Gasteiger partial charge >= 0.3 is 0 Å². The van der Waals surface area contributed by atoms with Crippen molar-refractivity contribution in [3.8, 4) is 11.6 Å². The van der Waals surface area contributed by atoms with Gasteiger partial charge in [0.05, 0.1) is 10.5 Å². The fourth-order valence-electron chi connectivity index (χ4n) is 3.21. The highest BCUT2D eigenvalue weighted by Gasteiger charge is 2.15. The largest absolute Gasteiger partial charge is 0.439 e. The number of hydrogen-bond acceptors (Lipinski definition) is 5. The van der Waals surface area contributed by atoms with Crippen LogP contribution in [-0.2, 0) is 10.0 Å². The Bertz CT molecular complexity index is 1170. The van der Waals surface area contributed by atoms with E-state index >= 15 is 0 Å². The minimum atomic E-state index is -3.69. The number of carbonyl (C=O) groups excluding carboxylic acids is 1. The molecule has 2 aromatic carbocycles. The number of nitrogens with one attached hydrogen (secondary N) is 2. The van der Waals surface area contributed by atoms with E-state index in [2.05, 4.69) is 35.8 Å². The number of benzene rings is 2. The zero-order chi connectivity index (χ0) is 24.6. The van der Waals surface area contributed by atoms with E-state index in [1.807, 2.05) is 12.1 Å². The SMILES string of the molecule is CCCCCNC(=O)c1ccc(Oc2ccc(NS(=O)(=O)c3ccc(C(C)C)cc3)cc2)nc1. The van der Waals surface area contributed by atoms with Crippen LogP contribution in [0.3, 0.4) is 0 Å². The van der Waals surface area contributed by atoms with Crippen molar-refractivity contribution in [3.05, 3.63) is 78.0 Å². The van der Waals surface area contributed by atoms with Gasteiger partial charge in [-0.1, -0.05) is 45.7 Å². The zero-order valence-electron chi connectivity index (χ0n) is 19.7.